The molecule has 1 aliphatic heterocycles. The maximum absolute atomic E-state index is 12.0. The van der Waals surface area contributed by atoms with E-state index < -0.39 is 16.0 Å². The number of esters is 1. The maximum atomic E-state index is 12.0. The average Bonchev–Trinajstić information content (AvgIpc) is 2.90. The zero-order valence-corrected chi connectivity index (χ0v) is 13.0. The van der Waals surface area contributed by atoms with Gasteiger partial charge in [0.15, 0.2) is 0 Å². The summed E-state index contributed by atoms with van der Waals surface area (Å²) in [4.78, 5) is 11.7. The Morgan fingerprint density at radius 2 is 2.24 bits per heavy atom. The fourth-order valence-corrected chi connectivity index (χ4v) is 3.22. The standard InChI is InChI=1S/C13H16ClNO5S/c1-8-5-9(6-11(12(8)14)21(15,17)18)13(16)20-7-10-3-2-4-19-10/h5-6,10H,2-4,7H2,1H3,(H2,15,17,18). The van der Waals surface area contributed by atoms with Crippen molar-refractivity contribution in [1.29, 1.82) is 0 Å². The molecule has 0 amide bonds. The number of hydrogen-bond acceptors (Lipinski definition) is 5. The molecule has 1 aromatic rings. The third-order valence-corrected chi connectivity index (χ3v) is 4.74. The van der Waals surface area contributed by atoms with Gasteiger partial charge in [-0.05, 0) is 37.5 Å². The van der Waals surface area contributed by atoms with Gasteiger partial charge in [0.25, 0.3) is 0 Å². The molecular formula is C13H16ClNO5S. The van der Waals surface area contributed by atoms with Crippen molar-refractivity contribution in [3.05, 3.63) is 28.3 Å². The number of primary sulfonamides is 1. The quantitative estimate of drug-likeness (QED) is 0.845. The Morgan fingerprint density at radius 1 is 1.52 bits per heavy atom. The molecule has 1 heterocycles. The summed E-state index contributed by atoms with van der Waals surface area (Å²) in [5, 5.41) is 5.09. The lowest BCUT2D eigenvalue weighted by atomic mass is 10.1. The summed E-state index contributed by atoms with van der Waals surface area (Å²) in [5.41, 5.74) is 0.533. The minimum Gasteiger partial charge on any atom is -0.459 e. The summed E-state index contributed by atoms with van der Waals surface area (Å²) in [5.74, 6) is -0.629. The molecule has 1 aromatic carbocycles. The Kier molecular flexibility index (Phi) is 4.88. The SMILES string of the molecule is Cc1cc(C(=O)OCC2CCCO2)cc(S(N)(=O)=O)c1Cl. The van der Waals surface area contributed by atoms with Crippen molar-refractivity contribution in [3.63, 3.8) is 0 Å². The van der Waals surface area contributed by atoms with Crippen LogP contribution in [0.25, 0.3) is 0 Å². The molecular weight excluding hydrogens is 318 g/mol. The second-order valence-corrected chi connectivity index (χ2v) is 6.79. The highest BCUT2D eigenvalue weighted by molar-refractivity contribution is 7.89. The number of rotatable bonds is 4. The van der Waals surface area contributed by atoms with E-state index in [1.54, 1.807) is 6.92 Å². The molecule has 6 nitrogen and oxygen atoms in total. The monoisotopic (exact) mass is 333 g/mol. The van der Waals surface area contributed by atoms with Gasteiger partial charge in [-0.1, -0.05) is 11.6 Å². The first-order valence-corrected chi connectivity index (χ1v) is 8.33. The number of sulfonamides is 1. The van der Waals surface area contributed by atoms with Gasteiger partial charge in [-0.2, -0.15) is 0 Å². The number of carbonyl (C=O) groups is 1. The van der Waals surface area contributed by atoms with Crippen molar-refractivity contribution in [3.8, 4) is 0 Å². The Bertz CT molecular complexity index is 653. The van der Waals surface area contributed by atoms with Gasteiger partial charge >= 0.3 is 5.97 Å². The predicted octanol–water partition coefficient (Wildman–Crippen LogP) is 1.63. The van der Waals surface area contributed by atoms with Crippen LogP contribution >= 0.6 is 11.6 Å². The first-order valence-electron chi connectivity index (χ1n) is 6.40. The number of benzene rings is 1. The summed E-state index contributed by atoms with van der Waals surface area (Å²) in [6.45, 7) is 2.40. The third-order valence-electron chi connectivity index (χ3n) is 3.19. The van der Waals surface area contributed by atoms with Gasteiger partial charge in [0, 0.05) is 6.61 Å². The van der Waals surface area contributed by atoms with Crippen molar-refractivity contribution < 1.29 is 22.7 Å². The molecule has 1 aliphatic rings. The molecule has 0 radical (unpaired) electrons. The fourth-order valence-electron chi connectivity index (χ4n) is 2.09. The van der Waals surface area contributed by atoms with E-state index in [0.717, 1.165) is 18.9 Å². The molecule has 21 heavy (non-hydrogen) atoms. The van der Waals surface area contributed by atoms with Crippen LogP contribution < -0.4 is 5.14 Å². The summed E-state index contributed by atoms with van der Waals surface area (Å²) in [6.07, 6.45) is 1.69. The largest absolute Gasteiger partial charge is 0.459 e. The van der Waals surface area contributed by atoms with E-state index in [1.165, 1.54) is 6.07 Å². The second-order valence-electron chi connectivity index (χ2n) is 4.88. The van der Waals surface area contributed by atoms with Crippen molar-refractivity contribution >= 4 is 27.6 Å². The zero-order chi connectivity index (χ0) is 15.6. The molecule has 2 rings (SSSR count). The molecule has 0 aromatic heterocycles. The van der Waals surface area contributed by atoms with E-state index in [-0.39, 0.29) is 28.2 Å². The summed E-state index contributed by atoms with van der Waals surface area (Å²) in [7, 11) is -4.01. The van der Waals surface area contributed by atoms with Crippen LogP contribution in [0.5, 0.6) is 0 Å². The first-order chi connectivity index (χ1) is 9.79. The molecule has 1 atom stereocenters. The van der Waals surface area contributed by atoms with Crippen LogP contribution in [0.4, 0.5) is 0 Å². The first kappa shape index (κ1) is 16.2. The summed E-state index contributed by atoms with van der Waals surface area (Å²) < 4.78 is 33.4. The van der Waals surface area contributed by atoms with Crippen molar-refractivity contribution in [2.45, 2.75) is 30.8 Å². The minimum absolute atomic E-state index is 0.00757. The van der Waals surface area contributed by atoms with Crippen LogP contribution in [-0.4, -0.2) is 33.7 Å². The van der Waals surface area contributed by atoms with Gasteiger partial charge < -0.3 is 9.47 Å². The number of aryl methyl sites for hydroxylation is 1. The minimum atomic E-state index is -4.01. The number of ether oxygens (including phenoxy) is 2. The van der Waals surface area contributed by atoms with E-state index in [0.29, 0.717) is 12.2 Å². The van der Waals surface area contributed by atoms with Gasteiger partial charge in [-0.3, -0.25) is 0 Å². The van der Waals surface area contributed by atoms with E-state index in [4.69, 9.17) is 26.2 Å². The number of nitrogens with two attached hydrogens (primary N) is 1. The van der Waals surface area contributed by atoms with Gasteiger partial charge in [0.05, 0.1) is 16.7 Å². The molecule has 0 saturated carbocycles. The molecule has 0 spiro atoms. The lowest BCUT2D eigenvalue weighted by molar-refractivity contribution is 0.0161. The normalized spacial score (nSPS) is 18.7. The lowest BCUT2D eigenvalue weighted by Crippen LogP contribution is -2.19. The molecule has 1 saturated heterocycles. The molecule has 0 bridgehead atoms. The predicted molar refractivity (Wildman–Crippen MR) is 76.8 cm³/mol. The lowest BCUT2D eigenvalue weighted by Gasteiger charge is -2.12. The van der Waals surface area contributed by atoms with Crippen LogP contribution in [0.1, 0.15) is 28.8 Å². The second kappa shape index (κ2) is 6.31. The van der Waals surface area contributed by atoms with E-state index in [1.807, 2.05) is 0 Å². The topological polar surface area (TPSA) is 95.7 Å². The Morgan fingerprint density at radius 3 is 2.81 bits per heavy atom. The highest BCUT2D eigenvalue weighted by Crippen LogP contribution is 2.26. The molecule has 1 unspecified atom stereocenters. The molecule has 2 N–H and O–H groups in total. The van der Waals surface area contributed by atoms with Crippen LogP contribution in [0, 0.1) is 6.92 Å². The van der Waals surface area contributed by atoms with Gasteiger partial charge in [-0.25, -0.2) is 18.4 Å². The Balaban J connectivity index is 2.19. The van der Waals surface area contributed by atoms with E-state index in [9.17, 15) is 13.2 Å². The Labute approximate surface area is 128 Å². The third kappa shape index (κ3) is 3.94. The molecule has 0 aliphatic carbocycles. The molecule has 8 heteroatoms. The van der Waals surface area contributed by atoms with Crippen molar-refractivity contribution in [2.75, 3.05) is 13.2 Å². The van der Waals surface area contributed by atoms with E-state index in [2.05, 4.69) is 0 Å². The molecule has 116 valence electrons. The summed E-state index contributed by atoms with van der Waals surface area (Å²) >= 11 is 5.90. The molecule has 1 fully saturated rings. The van der Waals surface area contributed by atoms with E-state index >= 15 is 0 Å². The number of halogens is 1. The highest BCUT2D eigenvalue weighted by Gasteiger charge is 2.21. The van der Waals surface area contributed by atoms with Crippen molar-refractivity contribution in [2.24, 2.45) is 5.14 Å². The average molecular weight is 334 g/mol. The van der Waals surface area contributed by atoms with Crippen LogP contribution in [0.3, 0.4) is 0 Å². The van der Waals surface area contributed by atoms with Crippen LogP contribution in [0.15, 0.2) is 17.0 Å². The highest BCUT2D eigenvalue weighted by atomic mass is 35.5. The maximum Gasteiger partial charge on any atom is 0.338 e. The number of hydrogen-bond donors (Lipinski definition) is 1. The fraction of sp³-hybridized carbons (Fsp3) is 0.462. The van der Waals surface area contributed by atoms with Gasteiger partial charge in [-0.15, -0.1) is 0 Å². The van der Waals surface area contributed by atoms with Gasteiger partial charge in [0.2, 0.25) is 10.0 Å². The van der Waals surface area contributed by atoms with Crippen molar-refractivity contribution in [1.82, 2.24) is 0 Å². The summed E-state index contributed by atoms with van der Waals surface area (Å²) in [6, 6.07) is 2.59. The zero-order valence-electron chi connectivity index (χ0n) is 11.5. The smallest absolute Gasteiger partial charge is 0.338 e. The number of carbonyl (C=O) groups excluding carboxylic acids is 1. The Hall–Kier alpha value is -1.15. The van der Waals surface area contributed by atoms with Crippen LogP contribution in [-0.2, 0) is 19.5 Å². The van der Waals surface area contributed by atoms with Gasteiger partial charge in [0.1, 0.15) is 11.5 Å². The van der Waals surface area contributed by atoms with Crippen LogP contribution in [0.2, 0.25) is 5.02 Å².